The summed E-state index contributed by atoms with van der Waals surface area (Å²) in [5.41, 5.74) is 3.51. The Hall–Kier alpha value is -2.32. The van der Waals surface area contributed by atoms with Crippen LogP contribution in [0.15, 0.2) is 23.6 Å². The molecule has 2 heterocycles. The fraction of sp³-hybridized carbons (Fsp3) is 0.200. The zero-order valence-corrected chi connectivity index (χ0v) is 12.0. The molecule has 0 unspecified atom stereocenters. The number of hydrogen-bond acceptors (Lipinski definition) is 4. The summed E-state index contributed by atoms with van der Waals surface area (Å²) in [5, 5.41) is 19.6. The van der Waals surface area contributed by atoms with E-state index in [0.717, 1.165) is 21.5 Å². The second-order valence-corrected chi connectivity index (χ2v) is 5.41. The Morgan fingerprint density at radius 3 is 2.90 bits per heavy atom. The van der Waals surface area contributed by atoms with Gasteiger partial charge in [0.05, 0.1) is 22.6 Å². The highest BCUT2D eigenvalue weighted by atomic mass is 32.1. The Bertz CT molecular complexity index is 810. The van der Waals surface area contributed by atoms with Crippen molar-refractivity contribution in [3.63, 3.8) is 0 Å². The van der Waals surface area contributed by atoms with Gasteiger partial charge in [-0.25, -0.2) is 0 Å². The van der Waals surface area contributed by atoms with E-state index in [1.165, 1.54) is 5.56 Å². The molecular weight excluding hydrogens is 270 g/mol. The van der Waals surface area contributed by atoms with E-state index in [1.807, 2.05) is 13.0 Å². The zero-order valence-electron chi connectivity index (χ0n) is 11.2. The summed E-state index contributed by atoms with van der Waals surface area (Å²) in [6.07, 6.45) is 0. The van der Waals surface area contributed by atoms with Crippen LogP contribution in [0.5, 0.6) is 5.75 Å². The van der Waals surface area contributed by atoms with E-state index in [1.54, 1.807) is 17.4 Å². The van der Waals surface area contributed by atoms with Gasteiger partial charge < -0.3 is 4.74 Å². The lowest BCUT2D eigenvalue weighted by atomic mass is 10.1. The first-order chi connectivity index (χ1) is 9.72. The van der Waals surface area contributed by atoms with Crippen molar-refractivity contribution in [3.05, 3.63) is 34.7 Å². The monoisotopic (exact) mass is 283 g/mol. The minimum Gasteiger partial charge on any atom is -0.492 e. The molecule has 0 aliphatic carbocycles. The molecule has 0 fully saturated rings. The van der Waals surface area contributed by atoms with Crippen molar-refractivity contribution in [2.45, 2.75) is 13.8 Å². The molecule has 3 aromatic rings. The maximum Gasteiger partial charge on any atom is 0.137 e. The molecule has 4 nitrogen and oxygen atoms in total. The fourth-order valence-corrected chi connectivity index (χ4v) is 3.05. The fourth-order valence-electron chi connectivity index (χ4n) is 2.15. The van der Waals surface area contributed by atoms with Crippen molar-refractivity contribution in [2.24, 2.45) is 0 Å². The third-order valence-electron chi connectivity index (χ3n) is 3.05. The van der Waals surface area contributed by atoms with Gasteiger partial charge in [-0.2, -0.15) is 10.4 Å². The molecule has 0 saturated heterocycles. The minimum absolute atomic E-state index is 0.525. The molecule has 0 bridgehead atoms. The number of benzene rings is 1. The number of thiophene rings is 1. The van der Waals surface area contributed by atoms with E-state index in [-0.39, 0.29) is 0 Å². The highest BCUT2D eigenvalue weighted by Crippen LogP contribution is 2.34. The highest BCUT2D eigenvalue weighted by Gasteiger charge is 2.14. The van der Waals surface area contributed by atoms with Crippen LogP contribution in [-0.2, 0) is 0 Å². The minimum atomic E-state index is 0.525. The van der Waals surface area contributed by atoms with E-state index < -0.39 is 0 Å². The number of aromatic amines is 1. The topological polar surface area (TPSA) is 61.7 Å². The first-order valence-corrected chi connectivity index (χ1v) is 7.21. The number of aromatic nitrogens is 2. The van der Waals surface area contributed by atoms with E-state index in [2.05, 4.69) is 34.6 Å². The van der Waals surface area contributed by atoms with Gasteiger partial charge >= 0.3 is 0 Å². The number of ether oxygens (including phenoxy) is 1. The van der Waals surface area contributed by atoms with Crippen LogP contribution in [0.1, 0.15) is 18.1 Å². The van der Waals surface area contributed by atoms with Gasteiger partial charge in [-0.3, -0.25) is 5.10 Å². The van der Waals surface area contributed by atoms with Gasteiger partial charge in [-0.05, 0) is 43.0 Å². The number of nitriles is 1. The van der Waals surface area contributed by atoms with Crippen LogP contribution in [0, 0.1) is 18.3 Å². The molecule has 0 spiro atoms. The smallest absolute Gasteiger partial charge is 0.137 e. The number of H-pyrrole nitrogens is 1. The summed E-state index contributed by atoms with van der Waals surface area (Å²) in [6.45, 7) is 4.50. The van der Waals surface area contributed by atoms with Gasteiger partial charge in [0.1, 0.15) is 17.5 Å². The summed E-state index contributed by atoms with van der Waals surface area (Å²) >= 11 is 1.66. The number of rotatable bonds is 3. The standard InChI is InChI=1S/C15H13N3OS/c1-3-19-13-6-11-12(5-10(13)7-16)17-18-15(11)14-4-9(2)8-20-14/h4-6,8H,3H2,1-2H3,(H,17,18). The van der Waals surface area contributed by atoms with Gasteiger partial charge in [0, 0.05) is 5.39 Å². The summed E-state index contributed by atoms with van der Waals surface area (Å²) < 4.78 is 5.54. The van der Waals surface area contributed by atoms with Gasteiger partial charge in [-0.15, -0.1) is 11.3 Å². The normalized spacial score (nSPS) is 10.7. The van der Waals surface area contributed by atoms with Crippen molar-refractivity contribution in [2.75, 3.05) is 6.61 Å². The number of nitrogens with zero attached hydrogens (tertiary/aromatic N) is 2. The van der Waals surface area contributed by atoms with Gasteiger partial charge in [0.2, 0.25) is 0 Å². The van der Waals surface area contributed by atoms with Crippen LogP contribution in [-0.4, -0.2) is 16.8 Å². The maximum absolute atomic E-state index is 9.17. The van der Waals surface area contributed by atoms with Crippen LogP contribution in [0.3, 0.4) is 0 Å². The van der Waals surface area contributed by atoms with Crippen molar-refractivity contribution in [3.8, 4) is 22.4 Å². The molecule has 0 aliphatic rings. The molecule has 0 amide bonds. The Kier molecular flexibility index (Phi) is 3.17. The molecular formula is C15H13N3OS. The number of hydrogen-bond donors (Lipinski definition) is 1. The number of nitrogens with one attached hydrogen (secondary N) is 1. The molecule has 1 N–H and O–H groups in total. The SMILES string of the molecule is CCOc1cc2c(-c3cc(C)cs3)n[nH]c2cc1C#N. The van der Waals surface area contributed by atoms with Gasteiger partial charge in [-0.1, -0.05) is 0 Å². The summed E-state index contributed by atoms with van der Waals surface area (Å²) in [5.74, 6) is 0.610. The number of aryl methyl sites for hydroxylation is 1. The lowest BCUT2D eigenvalue weighted by molar-refractivity contribution is 0.340. The Balaban J connectivity index is 2.21. The average Bonchev–Trinajstić information content (AvgIpc) is 3.04. The molecule has 2 aromatic heterocycles. The molecule has 0 saturated carbocycles. The van der Waals surface area contributed by atoms with E-state index in [4.69, 9.17) is 10.00 Å². The Morgan fingerprint density at radius 1 is 1.40 bits per heavy atom. The second kappa shape index (κ2) is 4.99. The maximum atomic E-state index is 9.17. The average molecular weight is 283 g/mol. The van der Waals surface area contributed by atoms with E-state index in [9.17, 15) is 0 Å². The van der Waals surface area contributed by atoms with E-state index in [0.29, 0.717) is 17.9 Å². The zero-order chi connectivity index (χ0) is 14.1. The number of fused-ring (bicyclic) bond motifs is 1. The highest BCUT2D eigenvalue weighted by molar-refractivity contribution is 7.13. The molecule has 100 valence electrons. The van der Waals surface area contributed by atoms with Crippen molar-refractivity contribution in [1.29, 1.82) is 5.26 Å². The first-order valence-electron chi connectivity index (χ1n) is 6.33. The lowest BCUT2D eigenvalue weighted by Crippen LogP contribution is -1.94. The quantitative estimate of drug-likeness (QED) is 0.793. The third-order valence-corrected chi connectivity index (χ3v) is 4.10. The molecule has 0 aliphatic heterocycles. The van der Waals surface area contributed by atoms with Crippen molar-refractivity contribution < 1.29 is 4.74 Å². The molecule has 1 aromatic carbocycles. The van der Waals surface area contributed by atoms with Crippen LogP contribution in [0.4, 0.5) is 0 Å². The summed E-state index contributed by atoms with van der Waals surface area (Å²) in [6, 6.07) is 7.95. The Morgan fingerprint density at radius 2 is 2.25 bits per heavy atom. The summed E-state index contributed by atoms with van der Waals surface area (Å²) in [7, 11) is 0. The Labute approximate surface area is 120 Å². The predicted molar refractivity (Wildman–Crippen MR) is 80.0 cm³/mol. The van der Waals surface area contributed by atoms with Crippen LogP contribution >= 0.6 is 11.3 Å². The molecule has 0 atom stereocenters. The van der Waals surface area contributed by atoms with Crippen molar-refractivity contribution in [1.82, 2.24) is 10.2 Å². The van der Waals surface area contributed by atoms with Gasteiger partial charge in [0.25, 0.3) is 0 Å². The molecule has 0 radical (unpaired) electrons. The molecule has 5 heteroatoms. The first kappa shape index (κ1) is 12.7. The lowest BCUT2D eigenvalue weighted by Gasteiger charge is -2.05. The second-order valence-electron chi connectivity index (χ2n) is 4.50. The molecule has 3 rings (SSSR count). The molecule has 20 heavy (non-hydrogen) atoms. The third kappa shape index (κ3) is 2.04. The van der Waals surface area contributed by atoms with Crippen LogP contribution < -0.4 is 4.74 Å². The largest absolute Gasteiger partial charge is 0.492 e. The van der Waals surface area contributed by atoms with E-state index >= 15 is 0 Å². The van der Waals surface area contributed by atoms with Crippen LogP contribution in [0.25, 0.3) is 21.5 Å². The van der Waals surface area contributed by atoms with Crippen LogP contribution in [0.2, 0.25) is 0 Å². The van der Waals surface area contributed by atoms with Gasteiger partial charge in [0.15, 0.2) is 0 Å². The summed E-state index contributed by atoms with van der Waals surface area (Å²) in [4.78, 5) is 1.11. The predicted octanol–water partition coefficient (Wildman–Crippen LogP) is 3.87. The van der Waals surface area contributed by atoms with Crippen molar-refractivity contribution >= 4 is 22.2 Å².